The van der Waals surface area contributed by atoms with Crippen LogP contribution in [0.3, 0.4) is 0 Å². The van der Waals surface area contributed by atoms with Gasteiger partial charge in [0.05, 0.1) is 19.1 Å². The summed E-state index contributed by atoms with van der Waals surface area (Å²) in [6, 6.07) is 20.7. The summed E-state index contributed by atoms with van der Waals surface area (Å²) in [5.41, 5.74) is 2.41. The van der Waals surface area contributed by atoms with Crippen LogP contribution in [0.25, 0.3) is 6.08 Å². The van der Waals surface area contributed by atoms with Crippen molar-refractivity contribution in [2.24, 2.45) is 0 Å². The molecule has 0 saturated heterocycles. The van der Waals surface area contributed by atoms with Gasteiger partial charge in [0.1, 0.15) is 5.70 Å². The SMILES string of the molecule is COc1ccc(C=C(NC(=O)c2ccccc2)C(=O)Nc2ccc(S(=O)(=O)Nc3nc(C)cc(C)n3)cc2)cc1OC. The standard InChI is InChI=1S/C30H29N5O6S/c1-19-16-20(2)32-30(31-19)35-42(38,39)24-13-11-23(12-14-24)33-29(37)25(34-28(36)22-8-6-5-7-9-22)17-21-10-15-26(40-3)27(18-21)41-4/h5-18H,1-4H3,(H,33,37)(H,34,36)(H,31,32,35). The van der Waals surface area contributed by atoms with Gasteiger partial charge in [0.2, 0.25) is 5.95 Å². The number of hydrogen-bond acceptors (Lipinski definition) is 8. The molecule has 11 nitrogen and oxygen atoms in total. The topological polar surface area (TPSA) is 149 Å². The van der Waals surface area contributed by atoms with E-state index in [0.29, 0.717) is 39.7 Å². The Hall–Kier alpha value is -5.23. The van der Waals surface area contributed by atoms with Gasteiger partial charge in [-0.05, 0) is 80.1 Å². The first-order chi connectivity index (χ1) is 20.1. The van der Waals surface area contributed by atoms with Crippen molar-refractivity contribution in [1.29, 1.82) is 0 Å². The monoisotopic (exact) mass is 587 g/mol. The van der Waals surface area contributed by atoms with Gasteiger partial charge in [-0.2, -0.15) is 0 Å². The number of ether oxygens (including phenoxy) is 2. The second-order valence-electron chi connectivity index (χ2n) is 9.05. The summed E-state index contributed by atoms with van der Waals surface area (Å²) >= 11 is 0. The van der Waals surface area contributed by atoms with Crippen LogP contribution in [0.15, 0.2) is 89.5 Å². The first-order valence-electron chi connectivity index (χ1n) is 12.6. The molecular formula is C30H29N5O6S. The molecule has 0 aliphatic rings. The van der Waals surface area contributed by atoms with Crippen LogP contribution in [0.2, 0.25) is 0 Å². The van der Waals surface area contributed by atoms with Gasteiger partial charge in [0, 0.05) is 22.6 Å². The highest BCUT2D eigenvalue weighted by Crippen LogP contribution is 2.28. The zero-order chi connectivity index (χ0) is 30.3. The molecule has 42 heavy (non-hydrogen) atoms. The fourth-order valence-corrected chi connectivity index (χ4v) is 4.86. The number of carbonyl (C=O) groups excluding carboxylic acids is 2. The minimum atomic E-state index is -3.99. The molecule has 0 saturated carbocycles. The normalized spacial score (nSPS) is 11.4. The highest BCUT2D eigenvalue weighted by atomic mass is 32.2. The van der Waals surface area contributed by atoms with Gasteiger partial charge < -0.3 is 20.1 Å². The Kier molecular flexibility index (Phi) is 9.18. The van der Waals surface area contributed by atoms with Crippen molar-refractivity contribution < 1.29 is 27.5 Å². The van der Waals surface area contributed by atoms with E-state index < -0.39 is 21.8 Å². The van der Waals surface area contributed by atoms with E-state index in [1.165, 1.54) is 44.6 Å². The summed E-state index contributed by atoms with van der Waals surface area (Å²) in [6.07, 6.45) is 1.49. The summed E-state index contributed by atoms with van der Waals surface area (Å²) in [5, 5.41) is 5.35. The molecule has 1 aromatic heterocycles. The van der Waals surface area contributed by atoms with Gasteiger partial charge >= 0.3 is 0 Å². The largest absolute Gasteiger partial charge is 0.493 e. The number of anilines is 2. The number of hydrogen-bond donors (Lipinski definition) is 3. The lowest BCUT2D eigenvalue weighted by atomic mass is 10.1. The fraction of sp³-hybridized carbons (Fsp3) is 0.133. The van der Waals surface area contributed by atoms with Gasteiger partial charge in [-0.25, -0.2) is 23.1 Å². The van der Waals surface area contributed by atoms with Crippen molar-refractivity contribution in [2.75, 3.05) is 24.3 Å². The van der Waals surface area contributed by atoms with E-state index in [0.717, 1.165) is 0 Å². The van der Waals surface area contributed by atoms with Crippen LogP contribution in [0, 0.1) is 13.8 Å². The molecule has 0 spiro atoms. The zero-order valence-electron chi connectivity index (χ0n) is 23.3. The highest BCUT2D eigenvalue weighted by molar-refractivity contribution is 7.92. The lowest BCUT2D eigenvalue weighted by Crippen LogP contribution is -2.30. The number of nitrogens with zero attached hydrogens (tertiary/aromatic N) is 2. The number of methoxy groups -OCH3 is 2. The first-order valence-corrected chi connectivity index (χ1v) is 14.1. The molecule has 3 aromatic carbocycles. The Balaban J connectivity index is 1.57. The molecule has 0 aliphatic carbocycles. The van der Waals surface area contributed by atoms with Crippen LogP contribution < -0.4 is 24.8 Å². The van der Waals surface area contributed by atoms with Gasteiger partial charge in [-0.3, -0.25) is 9.59 Å². The molecule has 0 radical (unpaired) electrons. The fourth-order valence-electron chi connectivity index (χ4n) is 3.92. The summed E-state index contributed by atoms with van der Waals surface area (Å²) in [5.74, 6) is -0.214. The maximum atomic E-state index is 13.4. The summed E-state index contributed by atoms with van der Waals surface area (Å²) in [6.45, 7) is 3.47. The van der Waals surface area contributed by atoms with Crippen LogP contribution >= 0.6 is 0 Å². The lowest BCUT2D eigenvalue weighted by molar-refractivity contribution is -0.113. The highest BCUT2D eigenvalue weighted by Gasteiger charge is 2.18. The smallest absolute Gasteiger partial charge is 0.272 e. The maximum Gasteiger partial charge on any atom is 0.272 e. The van der Waals surface area contributed by atoms with E-state index >= 15 is 0 Å². The quantitative estimate of drug-likeness (QED) is 0.232. The van der Waals surface area contributed by atoms with Crippen LogP contribution in [-0.4, -0.2) is 44.4 Å². The number of amides is 2. The third kappa shape index (κ3) is 7.49. The Morgan fingerprint density at radius 3 is 2.07 bits per heavy atom. The van der Waals surface area contributed by atoms with E-state index in [1.54, 1.807) is 68.4 Å². The Morgan fingerprint density at radius 1 is 0.810 bits per heavy atom. The maximum absolute atomic E-state index is 13.4. The molecule has 3 N–H and O–H groups in total. The molecule has 0 atom stereocenters. The van der Waals surface area contributed by atoms with Crippen molar-refractivity contribution in [1.82, 2.24) is 15.3 Å². The van der Waals surface area contributed by atoms with Gasteiger partial charge in [-0.1, -0.05) is 24.3 Å². The molecular weight excluding hydrogens is 558 g/mol. The van der Waals surface area contributed by atoms with Crippen molar-refractivity contribution in [3.63, 3.8) is 0 Å². The average Bonchev–Trinajstić information content (AvgIpc) is 2.96. The number of aryl methyl sites for hydroxylation is 2. The Bertz CT molecular complexity index is 1720. The average molecular weight is 588 g/mol. The van der Waals surface area contributed by atoms with Crippen molar-refractivity contribution in [2.45, 2.75) is 18.7 Å². The number of aromatic nitrogens is 2. The number of benzene rings is 3. The summed E-state index contributed by atoms with van der Waals surface area (Å²) in [4.78, 5) is 34.4. The minimum Gasteiger partial charge on any atom is -0.493 e. The molecule has 4 rings (SSSR count). The second-order valence-corrected chi connectivity index (χ2v) is 10.7. The molecule has 0 unspecified atom stereocenters. The van der Waals surface area contributed by atoms with Crippen molar-refractivity contribution >= 4 is 39.5 Å². The van der Waals surface area contributed by atoms with Crippen molar-refractivity contribution in [3.05, 3.63) is 107 Å². The number of sulfonamides is 1. The first kappa shape index (κ1) is 29.7. The van der Waals surface area contributed by atoms with E-state index in [2.05, 4.69) is 25.3 Å². The molecule has 0 fully saturated rings. The third-order valence-electron chi connectivity index (χ3n) is 5.88. The Labute approximate surface area is 243 Å². The van der Waals surface area contributed by atoms with Crippen molar-refractivity contribution in [3.8, 4) is 11.5 Å². The van der Waals surface area contributed by atoms with Gasteiger partial charge in [0.25, 0.3) is 21.8 Å². The second kappa shape index (κ2) is 13.0. The van der Waals surface area contributed by atoms with Crippen LogP contribution in [-0.2, 0) is 14.8 Å². The zero-order valence-corrected chi connectivity index (χ0v) is 24.2. The summed E-state index contributed by atoms with van der Waals surface area (Å²) in [7, 11) is -0.986. The molecule has 2 amide bonds. The molecule has 12 heteroatoms. The van der Waals surface area contributed by atoms with E-state index in [-0.39, 0.29) is 16.5 Å². The molecule has 0 aliphatic heterocycles. The Morgan fingerprint density at radius 2 is 1.45 bits per heavy atom. The van der Waals surface area contributed by atoms with E-state index in [4.69, 9.17) is 9.47 Å². The van der Waals surface area contributed by atoms with Crippen LogP contribution in [0.5, 0.6) is 11.5 Å². The molecule has 1 heterocycles. The lowest BCUT2D eigenvalue weighted by Gasteiger charge is -2.13. The third-order valence-corrected chi connectivity index (χ3v) is 7.22. The van der Waals surface area contributed by atoms with Crippen LogP contribution in [0.4, 0.5) is 11.6 Å². The van der Waals surface area contributed by atoms with E-state index in [9.17, 15) is 18.0 Å². The number of rotatable bonds is 10. The minimum absolute atomic E-state index is 0.0380. The number of carbonyl (C=O) groups is 2. The van der Waals surface area contributed by atoms with Gasteiger partial charge in [0.15, 0.2) is 11.5 Å². The number of nitrogens with one attached hydrogen (secondary N) is 3. The molecule has 0 bridgehead atoms. The van der Waals surface area contributed by atoms with Gasteiger partial charge in [-0.15, -0.1) is 0 Å². The molecule has 216 valence electrons. The van der Waals surface area contributed by atoms with E-state index in [1.807, 2.05) is 0 Å². The summed E-state index contributed by atoms with van der Waals surface area (Å²) < 4.78 is 38.7. The molecule has 4 aromatic rings. The predicted molar refractivity (Wildman–Crippen MR) is 159 cm³/mol. The van der Waals surface area contributed by atoms with Crippen LogP contribution in [0.1, 0.15) is 27.3 Å². The predicted octanol–water partition coefficient (Wildman–Crippen LogP) is 4.32.